The molecule has 23 heavy (non-hydrogen) atoms. The zero-order valence-electron chi connectivity index (χ0n) is 15.6. The zero-order chi connectivity index (χ0) is 17.4. The maximum Gasteiger partial charge on any atom is 0.183 e. The standard InChI is InChI=1S/C16H36O6Si/c1-16(2)21-14-12-19-10-8-17-6-7-18-9-11-20-13-15-22-23(3,4)5/h16H,6-15H2,1-5H3. The summed E-state index contributed by atoms with van der Waals surface area (Å²) in [7, 11) is -1.41. The van der Waals surface area contributed by atoms with Gasteiger partial charge >= 0.3 is 0 Å². The monoisotopic (exact) mass is 352 g/mol. The molecule has 0 rings (SSSR count). The predicted octanol–water partition coefficient (Wildman–Crippen LogP) is 2.33. The lowest BCUT2D eigenvalue weighted by atomic mass is 10.5. The van der Waals surface area contributed by atoms with Gasteiger partial charge in [-0.2, -0.15) is 0 Å². The summed E-state index contributed by atoms with van der Waals surface area (Å²) in [5.41, 5.74) is 0. The second-order valence-corrected chi connectivity index (χ2v) is 10.8. The van der Waals surface area contributed by atoms with Crippen molar-refractivity contribution in [3.63, 3.8) is 0 Å². The number of rotatable bonds is 17. The van der Waals surface area contributed by atoms with E-state index in [2.05, 4.69) is 19.6 Å². The van der Waals surface area contributed by atoms with E-state index in [0.29, 0.717) is 66.1 Å². The van der Waals surface area contributed by atoms with Gasteiger partial charge in [0.15, 0.2) is 8.32 Å². The minimum Gasteiger partial charge on any atom is -0.415 e. The van der Waals surface area contributed by atoms with Crippen LogP contribution in [-0.2, 0) is 28.1 Å². The van der Waals surface area contributed by atoms with E-state index >= 15 is 0 Å². The van der Waals surface area contributed by atoms with Crippen LogP contribution in [0.5, 0.6) is 0 Å². The van der Waals surface area contributed by atoms with Crippen LogP contribution in [0.15, 0.2) is 0 Å². The normalized spacial score (nSPS) is 12.3. The first-order valence-electron chi connectivity index (χ1n) is 8.48. The van der Waals surface area contributed by atoms with Crippen molar-refractivity contribution in [3.8, 4) is 0 Å². The Bertz CT molecular complexity index is 245. The lowest BCUT2D eigenvalue weighted by Crippen LogP contribution is -2.27. The Hall–Kier alpha value is -0.0231. The van der Waals surface area contributed by atoms with Crippen molar-refractivity contribution < 1.29 is 28.1 Å². The lowest BCUT2D eigenvalue weighted by molar-refractivity contribution is -0.0187. The molecule has 0 aliphatic carbocycles. The van der Waals surface area contributed by atoms with Crippen LogP contribution < -0.4 is 0 Å². The molecule has 0 aliphatic rings. The molecule has 6 nitrogen and oxygen atoms in total. The number of hydrogen-bond donors (Lipinski definition) is 0. The molecule has 0 aromatic heterocycles. The Kier molecular flexibility index (Phi) is 15.5. The van der Waals surface area contributed by atoms with E-state index in [1.165, 1.54) is 0 Å². The van der Waals surface area contributed by atoms with E-state index in [1.807, 2.05) is 13.8 Å². The molecule has 140 valence electrons. The van der Waals surface area contributed by atoms with E-state index in [0.717, 1.165) is 0 Å². The van der Waals surface area contributed by atoms with E-state index in [9.17, 15) is 0 Å². The second-order valence-electron chi connectivity index (χ2n) is 6.33. The molecule has 0 N–H and O–H groups in total. The van der Waals surface area contributed by atoms with E-state index in [1.54, 1.807) is 0 Å². The molecule has 0 amide bonds. The van der Waals surface area contributed by atoms with Gasteiger partial charge in [0.2, 0.25) is 0 Å². The van der Waals surface area contributed by atoms with Gasteiger partial charge in [-0.05, 0) is 33.5 Å². The van der Waals surface area contributed by atoms with Crippen LogP contribution in [0.4, 0.5) is 0 Å². The van der Waals surface area contributed by atoms with Crippen LogP contribution in [0, 0.1) is 0 Å². The fourth-order valence-corrected chi connectivity index (χ4v) is 2.21. The van der Waals surface area contributed by atoms with Crippen molar-refractivity contribution in [2.45, 2.75) is 39.6 Å². The first kappa shape index (κ1) is 23.0. The Morgan fingerprint density at radius 2 is 0.913 bits per heavy atom. The van der Waals surface area contributed by atoms with E-state index < -0.39 is 8.32 Å². The van der Waals surface area contributed by atoms with Crippen molar-refractivity contribution in [1.82, 2.24) is 0 Å². The number of hydrogen-bond acceptors (Lipinski definition) is 6. The third-order valence-electron chi connectivity index (χ3n) is 2.56. The summed E-state index contributed by atoms with van der Waals surface area (Å²) >= 11 is 0. The average molecular weight is 353 g/mol. The highest BCUT2D eigenvalue weighted by Crippen LogP contribution is 2.01. The molecule has 0 aliphatic heterocycles. The summed E-state index contributed by atoms with van der Waals surface area (Å²) in [6.07, 6.45) is 0.254. The van der Waals surface area contributed by atoms with E-state index in [-0.39, 0.29) is 6.10 Å². The average Bonchev–Trinajstić information content (AvgIpc) is 2.45. The first-order chi connectivity index (χ1) is 10.9. The fourth-order valence-electron chi connectivity index (χ4n) is 1.51. The smallest absolute Gasteiger partial charge is 0.183 e. The van der Waals surface area contributed by atoms with Gasteiger partial charge in [0.25, 0.3) is 0 Å². The Balaban J connectivity index is 3.03. The Morgan fingerprint density at radius 3 is 1.26 bits per heavy atom. The quantitative estimate of drug-likeness (QED) is 0.296. The Labute approximate surface area is 142 Å². The molecule has 0 saturated carbocycles. The third kappa shape index (κ3) is 22.0. The topological polar surface area (TPSA) is 55.4 Å². The number of ether oxygens (including phenoxy) is 5. The molecule has 0 atom stereocenters. The van der Waals surface area contributed by atoms with Crippen LogP contribution in [0.3, 0.4) is 0 Å². The van der Waals surface area contributed by atoms with Crippen LogP contribution in [0.25, 0.3) is 0 Å². The van der Waals surface area contributed by atoms with Gasteiger partial charge < -0.3 is 28.1 Å². The highest BCUT2D eigenvalue weighted by Gasteiger charge is 2.12. The minimum absolute atomic E-state index is 0.254. The molecule has 0 fully saturated rings. The molecule has 0 aromatic rings. The summed E-state index contributed by atoms with van der Waals surface area (Å²) in [5.74, 6) is 0. The van der Waals surface area contributed by atoms with Crippen molar-refractivity contribution in [2.24, 2.45) is 0 Å². The SMILES string of the molecule is CC(C)OCCOCCOCCOCCOCCO[Si](C)(C)C. The molecule has 0 saturated heterocycles. The molecule has 0 aromatic carbocycles. The van der Waals surface area contributed by atoms with Crippen molar-refractivity contribution in [3.05, 3.63) is 0 Å². The first-order valence-corrected chi connectivity index (χ1v) is 11.9. The third-order valence-corrected chi connectivity index (χ3v) is 3.63. The molecular weight excluding hydrogens is 316 g/mol. The summed E-state index contributed by atoms with van der Waals surface area (Å²) in [6.45, 7) is 16.5. The largest absolute Gasteiger partial charge is 0.415 e. The van der Waals surface area contributed by atoms with Crippen molar-refractivity contribution in [1.29, 1.82) is 0 Å². The molecule has 0 bridgehead atoms. The van der Waals surface area contributed by atoms with Gasteiger partial charge in [-0.1, -0.05) is 0 Å². The maximum absolute atomic E-state index is 5.68. The molecule has 0 radical (unpaired) electrons. The minimum atomic E-state index is -1.41. The molecular formula is C16H36O6Si. The van der Waals surface area contributed by atoms with Crippen LogP contribution in [-0.4, -0.2) is 80.5 Å². The predicted molar refractivity (Wildman–Crippen MR) is 93.7 cm³/mol. The van der Waals surface area contributed by atoms with Crippen molar-refractivity contribution in [2.75, 3.05) is 66.1 Å². The molecule has 7 heteroatoms. The molecule has 0 unspecified atom stereocenters. The maximum atomic E-state index is 5.68. The van der Waals surface area contributed by atoms with Gasteiger partial charge in [0, 0.05) is 0 Å². The Morgan fingerprint density at radius 1 is 0.565 bits per heavy atom. The van der Waals surface area contributed by atoms with Gasteiger partial charge in [-0.3, -0.25) is 0 Å². The summed E-state index contributed by atoms with van der Waals surface area (Å²) in [5, 5.41) is 0. The second kappa shape index (κ2) is 15.5. The summed E-state index contributed by atoms with van der Waals surface area (Å²) in [6, 6.07) is 0. The molecule has 0 heterocycles. The molecule has 0 spiro atoms. The fraction of sp³-hybridized carbons (Fsp3) is 1.00. The van der Waals surface area contributed by atoms with Crippen LogP contribution in [0.1, 0.15) is 13.8 Å². The summed E-state index contributed by atoms with van der Waals surface area (Å²) < 4.78 is 32.6. The van der Waals surface area contributed by atoms with Gasteiger partial charge in [-0.15, -0.1) is 0 Å². The highest BCUT2D eigenvalue weighted by molar-refractivity contribution is 6.69. The van der Waals surface area contributed by atoms with Gasteiger partial charge in [0.1, 0.15) is 0 Å². The van der Waals surface area contributed by atoms with Crippen LogP contribution >= 0.6 is 0 Å². The van der Waals surface area contributed by atoms with Gasteiger partial charge in [0.05, 0.1) is 72.2 Å². The zero-order valence-corrected chi connectivity index (χ0v) is 16.6. The highest BCUT2D eigenvalue weighted by atomic mass is 28.4. The van der Waals surface area contributed by atoms with Gasteiger partial charge in [-0.25, -0.2) is 0 Å². The van der Waals surface area contributed by atoms with Crippen LogP contribution in [0.2, 0.25) is 19.6 Å². The lowest BCUT2D eigenvalue weighted by Gasteiger charge is -2.16. The summed E-state index contributed by atoms with van der Waals surface area (Å²) in [4.78, 5) is 0. The van der Waals surface area contributed by atoms with E-state index in [4.69, 9.17) is 28.1 Å². The van der Waals surface area contributed by atoms with Crippen molar-refractivity contribution >= 4 is 8.32 Å².